The van der Waals surface area contributed by atoms with Gasteiger partial charge in [-0.15, -0.1) is 0 Å². The Morgan fingerprint density at radius 3 is 1.75 bits per heavy atom. The van der Waals surface area contributed by atoms with Crippen molar-refractivity contribution in [3.8, 4) is 0 Å². The second-order valence-corrected chi connectivity index (χ2v) is 6.05. The van der Waals surface area contributed by atoms with Crippen molar-refractivity contribution in [3.63, 3.8) is 0 Å². The molecule has 1 atom stereocenters. The molecule has 2 aliphatic rings. The van der Waals surface area contributed by atoms with Crippen LogP contribution in [0.4, 0.5) is 0 Å². The standard InChI is InChI=1S/C16H28/c1-5-9-16(15(8-4)10-11-15)13-12-14(16,6-2)7-3/h10-11H,5-9,12-13H2,1-4H3. The average molecular weight is 220 g/mol. The smallest absolute Gasteiger partial charge is 0.0121 e. The molecular formula is C16H28. The van der Waals surface area contributed by atoms with Gasteiger partial charge >= 0.3 is 0 Å². The van der Waals surface area contributed by atoms with E-state index in [0.717, 1.165) is 0 Å². The van der Waals surface area contributed by atoms with E-state index in [-0.39, 0.29) is 0 Å². The van der Waals surface area contributed by atoms with Crippen LogP contribution in [0.15, 0.2) is 12.2 Å². The molecule has 0 aromatic rings. The molecule has 0 heteroatoms. The van der Waals surface area contributed by atoms with Crippen molar-refractivity contribution in [1.29, 1.82) is 0 Å². The fourth-order valence-corrected chi connectivity index (χ4v) is 4.83. The predicted molar refractivity (Wildman–Crippen MR) is 71.5 cm³/mol. The maximum absolute atomic E-state index is 2.52. The lowest BCUT2D eigenvalue weighted by molar-refractivity contribution is -0.142. The van der Waals surface area contributed by atoms with E-state index in [2.05, 4.69) is 39.8 Å². The van der Waals surface area contributed by atoms with Gasteiger partial charge in [-0.2, -0.15) is 0 Å². The molecule has 0 saturated heterocycles. The van der Waals surface area contributed by atoms with Crippen molar-refractivity contribution < 1.29 is 0 Å². The van der Waals surface area contributed by atoms with Crippen LogP contribution in [0.5, 0.6) is 0 Å². The van der Waals surface area contributed by atoms with E-state index in [9.17, 15) is 0 Å². The minimum atomic E-state index is 0.521. The lowest BCUT2D eigenvalue weighted by Crippen LogP contribution is -2.56. The Bertz CT molecular complexity index is 271. The summed E-state index contributed by atoms with van der Waals surface area (Å²) in [6, 6.07) is 0. The number of hydrogen-bond donors (Lipinski definition) is 0. The lowest BCUT2D eigenvalue weighted by atomic mass is 9.39. The zero-order valence-corrected chi connectivity index (χ0v) is 11.6. The van der Waals surface area contributed by atoms with Crippen LogP contribution in [-0.2, 0) is 0 Å². The Kier molecular flexibility index (Phi) is 2.97. The molecule has 0 amide bonds. The topological polar surface area (TPSA) is 0 Å². The van der Waals surface area contributed by atoms with Gasteiger partial charge in [0, 0.05) is 5.41 Å². The van der Waals surface area contributed by atoms with Gasteiger partial charge in [-0.05, 0) is 49.4 Å². The fraction of sp³-hybridized carbons (Fsp3) is 0.875. The van der Waals surface area contributed by atoms with E-state index < -0.39 is 0 Å². The van der Waals surface area contributed by atoms with Crippen LogP contribution >= 0.6 is 0 Å². The number of rotatable bonds is 6. The molecule has 0 spiro atoms. The molecule has 92 valence electrons. The molecule has 0 aliphatic heterocycles. The first-order chi connectivity index (χ1) is 7.66. The van der Waals surface area contributed by atoms with Crippen molar-refractivity contribution in [2.24, 2.45) is 16.2 Å². The van der Waals surface area contributed by atoms with Crippen molar-refractivity contribution in [1.82, 2.24) is 0 Å². The molecule has 0 bridgehead atoms. The van der Waals surface area contributed by atoms with Gasteiger partial charge in [-0.1, -0.05) is 46.3 Å². The highest BCUT2D eigenvalue weighted by Crippen LogP contribution is 2.75. The highest BCUT2D eigenvalue weighted by atomic mass is 14.7. The van der Waals surface area contributed by atoms with Crippen LogP contribution in [-0.4, -0.2) is 0 Å². The molecule has 0 heterocycles. The van der Waals surface area contributed by atoms with E-state index in [1.807, 2.05) is 0 Å². The second-order valence-electron chi connectivity index (χ2n) is 6.05. The maximum atomic E-state index is 2.52. The molecule has 0 aromatic carbocycles. The molecule has 1 fully saturated rings. The van der Waals surface area contributed by atoms with Gasteiger partial charge in [0.05, 0.1) is 0 Å². The van der Waals surface area contributed by atoms with Crippen molar-refractivity contribution in [2.75, 3.05) is 0 Å². The highest BCUT2D eigenvalue weighted by Gasteiger charge is 2.66. The number of hydrogen-bond acceptors (Lipinski definition) is 0. The normalized spacial score (nSPS) is 33.5. The summed E-state index contributed by atoms with van der Waals surface area (Å²) in [4.78, 5) is 0. The first-order valence-corrected chi connectivity index (χ1v) is 7.36. The van der Waals surface area contributed by atoms with Crippen molar-refractivity contribution in [2.45, 2.75) is 72.6 Å². The van der Waals surface area contributed by atoms with Gasteiger partial charge < -0.3 is 0 Å². The van der Waals surface area contributed by atoms with Crippen LogP contribution in [0, 0.1) is 16.2 Å². The molecule has 0 N–H and O–H groups in total. The minimum Gasteiger partial charge on any atom is -0.0771 e. The van der Waals surface area contributed by atoms with E-state index in [1.54, 1.807) is 0 Å². The van der Waals surface area contributed by atoms with Gasteiger partial charge in [-0.3, -0.25) is 0 Å². The van der Waals surface area contributed by atoms with Crippen LogP contribution in [0.2, 0.25) is 0 Å². The molecule has 1 unspecified atom stereocenters. The largest absolute Gasteiger partial charge is 0.0771 e. The highest BCUT2D eigenvalue weighted by molar-refractivity contribution is 5.36. The summed E-state index contributed by atoms with van der Waals surface area (Å²) in [5, 5.41) is 0. The Morgan fingerprint density at radius 1 is 0.875 bits per heavy atom. The number of allylic oxidation sites excluding steroid dienone is 2. The van der Waals surface area contributed by atoms with Gasteiger partial charge in [0.2, 0.25) is 0 Å². The van der Waals surface area contributed by atoms with Crippen LogP contribution in [0.25, 0.3) is 0 Å². The summed E-state index contributed by atoms with van der Waals surface area (Å²) in [5.74, 6) is 0. The molecule has 0 radical (unpaired) electrons. The Balaban J connectivity index is 2.30. The molecule has 2 rings (SSSR count). The molecule has 0 nitrogen and oxygen atoms in total. The third-order valence-electron chi connectivity index (χ3n) is 6.12. The van der Waals surface area contributed by atoms with E-state index in [0.29, 0.717) is 16.2 Å². The summed E-state index contributed by atoms with van der Waals surface area (Å²) in [6.07, 6.45) is 14.9. The van der Waals surface area contributed by atoms with Crippen LogP contribution in [0.3, 0.4) is 0 Å². The zero-order valence-electron chi connectivity index (χ0n) is 11.6. The summed E-state index contributed by atoms with van der Waals surface area (Å²) in [6.45, 7) is 9.57. The van der Waals surface area contributed by atoms with Crippen LogP contribution in [0.1, 0.15) is 72.6 Å². The summed E-state index contributed by atoms with van der Waals surface area (Å²) in [7, 11) is 0. The molecular weight excluding hydrogens is 192 g/mol. The van der Waals surface area contributed by atoms with Gasteiger partial charge in [0.15, 0.2) is 0 Å². The molecule has 1 saturated carbocycles. The van der Waals surface area contributed by atoms with Gasteiger partial charge in [0.25, 0.3) is 0 Å². The lowest BCUT2D eigenvalue weighted by Gasteiger charge is -2.64. The zero-order chi connectivity index (χ0) is 11.9. The van der Waals surface area contributed by atoms with E-state index in [1.165, 1.54) is 44.9 Å². The molecule has 2 aliphatic carbocycles. The van der Waals surface area contributed by atoms with Crippen molar-refractivity contribution in [3.05, 3.63) is 12.2 Å². The third-order valence-corrected chi connectivity index (χ3v) is 6.12. The fourth-order valence-electron chi connectivity index (χ4n) is 4.83. The summed E-state index contributed by atoms with van der Waals surface area (Å²) < 4.78 is 0. The first kappa shape index (κ1) is 12.2. The minimum absolute atomic E-state index is 0.521. The van der Waals surface area contributed by atoms with Crippen molar-refractivity contribution >= 4 is 0 Å². The summed E-state index contributed by atoms with van der Waals surface area (Å²) >= 11 is 0. The first-order valence-electron chi connectivity index (χ1n) is 7.36. The Labute approximate surface area is 102 Å². The monoisotopic (exact) mass is 220 g/mol. The maximum Gasteiger partial charge on any atom is 0.0121 e. The van der Waals surface area contributed by atoms with E-state index >= 15 is 0 Å². The quantitative estimate of drug-likeness (QED) is 0.530. The Morgan fingerprint density at radius 2 is 1.50 bits per heavy atom. The molecule has 0 aromatic heterocycles. The molecule has 16 heavy (non-hydrogen) atoms. The Hall–Kier alpha value is -0.260. The van der Waals surface area contributed by atoms with E-state index in [4.69, 9.17) is 0 Å². The summed E-state index contributed by atoms with van der Waals surface area (Å²) in [5.41, 5.74) is 1.81. The SMILES string of the molecule is CCCC1(C2(CC)C=C2)CCC1(CC)CC. The van der Waals surface area contributed by atoms with Gasteiger partial charge in [0.1, 0.15) is 0 Å². The average Bonchev–Trinajstić information content (AvgIpc) is 3.07. The van der Waals surface area contributed by atoms with Gasteiger partial charge in [-0.25, -0.2) is 0 Å². The van der Waals surface area contributed by atoms with Crippen LogP contribution < -0.4 is 0 Å². The third kappa shape index (κ3) is 1.22. The predicted octanol–water partition coefficient (Wildman–Crippen LogP) is 5.34. The second kappa shape index (κ2) is 3.89.